The van der Waals surface area contributed by atoms with E-state index in [1.807, 2.05) is 0 Å². The predicted molar refractivity (Wildman–Crippen MR) is 41.2 cm³/mol. The zero-order valence-corrected chi connectivity index (χ0v) is 9.67. The first-order valence-electron chi connectivity index (χ1n) is 3.37. The summed E-state index contributed by atoms with van der Waals surface area (Å²) in [5.74, 6) is -1.14. The molecular weight excluding hydrogens is 217 g/mol. The maximum atomic E-state index is 10.9. The Kier molecular flexibility index (Phi) is 5.06. The van der Waals surface area contributed by atoms with Gasteiger partial charge in [0.25, 0.3) is 5.69 Å². The van der Waals surface area contributed by atoms with E-state index >= 15 is 0 Å². The standard InChI is InChI=1S/C7H5NO6.Na/c9-6-3-4(14-7(10)11)1-2-5(6)8(12)13;/h1-3,9H,(H,10,11);/q;+1/p-1. The summed E-state index contributed by atoms with van der Waals surface area (Å²) in [5.41, 5.74) is -0.622. The molecule has 1 N–H and O–H groups in total. The van der Waals surface area contributed by atoms with Crippen LogP contribution in [-0.4, -0.2) is 16.2 Å². The van der Waals surface area contributed by atoms with Crippen molar-refractivity contribution < 1.29 is 54.2 Å². The van der Waals surface area contributed by atoms with Crippen molar-refractivity contribution in [2.75, 3.05) is 0 Å². The molecular formula is C7H4NNaO6. The summed E-state index contributed by atoms with van der Waals surface area (Å²) in [6, 6.07) is 2.67. The molecule has 74 valence electrons. The number of nitro groups is 1. The van der Waals surface area contributed by atoms with Gasteiger partial charge in [-0.3, -0.25) is 10.1 Å². The van der Waals surface area contributed by atoms with E-state index in [0.717, 1.165) is 18.2 Å². The van der Waals surface area contributed by atoms with Gasteiger partial charge in [-0.2, -0.15) is 0 Å². The van der Waals surface area contributed by atoms with E-state index in [9.17, 15) is 20.0 Å². The van der Waals surface area contributed by atoms with Gasteiger partial charge >= 0.3 is 35.7 Å². The fraction of sp³-hybridized carbons (Fsp3) is 0. The molecule has 1 aromatic carbocycles. The van der Waals surface area contributed by atoms with Crippen LogP contribution in [0.15, 0.2) is 18.2 Å². The molecule has 1 aromatic rings. The Morgan fingerprint density at radius 3 is 2.47 bits per heavy atom. The molecule has 0 radical (unpaired) electrons. The van der Waals surface area contributed by atoms with Crippen molar-refractivity contribution in [2.24, 2.45) is 0 Å². The molecule has 0 aliphatic carbocycles. The van der Waals surface area contributed by atoms with Gasteiger partial charge in [0.2, 0.25) is 0 Å². The van der Waals surface area contributed by atoms with Gasteiger partial charge in [-0.15, -0.1) is 0 Å². The number of nitrogens with zero attached hydrogens (tertiary/aromatic N) is 1. The van der Waals surface area contributed by atoms with E-state index in [1.165, 1.54) is 0 Å². The second-order valence-corrected chi connectivity index (χ2v) is 2.25. The van der Waals surface area contributed by atoms with E-state index in [0.29, 0.717) is 0 Å². The fourth-order valence-corrected chi connectivity index (χ4v) is 0.810. The van der Waals surface area contributed by atoms with E-state index in [-0.39, 0.29) is 35.3 Å². The fourth-order valence-electron chi connectivity index (χ4n) is 0.810. The molecule has 0 aliphatic rings. The molecule has 0 unspecified atom stereocenters. The first-order chi connectivity index (χ1) is 6.50. The van der Waals surface area contributed by atoms with E-state index in [2.05, 4.69) is 4.74 Å². The quantitative estimate of drug-likeness (QED) is 0.198. The van der Waals surface area contributed by atoms with Crippen LogP contribution in [0.5, 0.6) is 11.5 Å². The van der Waals surface area contributed by atoms with Crippen molar-refractivity contribution in [3.05, 3.63) is 28.3 Å². The molecule has 0 saturated carbocycles. The van der Waals surface area contributed by atoms with Crippen molar-refractivity contribution in [1.29, 1.82) is 0 Å². The predicted octanol–water partition coefficient (Wildman–Crippen LogP) is -2.27. The van der Waals surface area contributed by atoms with E-state index in [4.69, 9.17) is 5.11 Å². The van der Waals surface area contributed by atoms with Crippen molar-refractivity contribution in [3.63, 3.8) is 0 Å². The van der Waals surface area contributed by atoms with Crippen LogP contribution in [0.1, 0.15) is 0 Å². The van der Waals surface area contributed by atoms with Gasteiger partial charge in [0, 0.05) is 6.07 Å². The van der Waals surface area contributed by atoms with Crippen molar-refractivity contribution >= 4 is 11.8 Å². The normalized spacial score (nSPS) is 8.80. The summed E-state index contributed by atoms with van der Waals surface area (Å²) in [7, 11) is 0. The second kappa shape index (κ2) is 5.54. The third-order valence-corrected chi connectivity index (χ3v) is 1.33. The van der Waals surface area contributed by atoms with E-state index in [1.54, 1.807) is 0 Å². The molecule has 15 heavy (non-hydrogen) atoms. The number of hydrogen-bond donors (Lipinski definition) is 1. The molecule has 0 spiro atoms. The zero-order valence-electron chi connectivity index (χ0n) is 7.67. The van der Waals surface area contributed by atoms with Crippen LogP contribution in [0.3, 0.4) is 0 Å². The molecule has 0 heterocycles. The van der Waals surface area contributed by atoms with Crippen molar-refractivity contribution in [1.82, 2.24) is 0 Å². The summed E-state index contributed by atoms with van der Waals surface area (Å²) in [4.78, 5) is 19.4. The van der Waals surface area contributed by atoms with Crippen LogP contribution in [0.2, 0.25) is 0 Å². The SMILES string of the molecule is O=C(O)Oc1ccc([N+](=O)[O-])c([O-])c1.[Na+]. The number of ether oxygens (including phenoxy) is 1. The Balaban J connectivity index is 0.00000196. The molecule has 0 atom stereocenters. The smallest absolute Gasteiger partial charge is 0.868 e. The van der Waals surface area contributed by atoms with E-state index < -0.39 is 22.5 Å². The molecule has 0 aliphatic heterocycles. The Labute approximate surface area is 106 Å². The van der Waals surface area contributed by atoms with Crippen LogP contribution < -0.4 is 39.4 Å². The van der Waals surface area contributed by atoms with Gasteiger partial charge < -0.3 is 14.9 Å². The minimum absolute atomic E-state index is 0. The maximum absolute atomic E-state index is 10.9. The van der Waals surface area contributed by atoms with Gasteiger partial charge in [-0.25, -0.2) is 4.79 Å². The molecule has 0 bridgehead atoms. The van der Waals surface area contributed by atoms with Crippen LogP contribution in [0.25, 0.3) is 0 Å². The number of rotatable bonds is 2. The summed E-state index contributed by atoms with van der Waals surface area (Å²) in [5, 5.41) is 29.3. The zero-order chi connectivity index (χ0) is 10.7. The largest absolute Gasteiger partial charge is 1.00 e. The van der Waals surface area contributed by atoms with Gasteiger partial charge in [0.1, 0.15) is 5.75 Å². The first kappa shape index (κ1) is 13.7. The van der Waals surface area contributed by atoms with Crippen LogP contribution >= 0.6 is 0 Å². The van der Waals surface area contributed by atoms with Gasteiger partial charge in [0.15, 0.2) is 0 Å². The average Bonchev–Trinajstić information content (AvgIpc) is 2.01. The molecule has 1 rings (SSSR count). The number of carbonyl (C=O) groups is 1. The van der Waals surface area contributed by atoms with Gasteiger partial charge in [-0.1, -0.05) is 0 Å². The summed E-state index contributed by atoms with van der Waals surface area (Å²) < 4.78 is 4.12. The topological polar surface area (TPSA) is 113 Å². The first-order valence-corrected chi connectivity index (χ1v) is 3.37. The summed E-state index contributed by atoms with van der Waals surface area (Å²) in [6.45, 7) is 0. The molecule has 8 heteroatoms. The molecule has 0 fully saturated rings. The van der Waals surface area contributed by atoms with Gasteiger partial charge in [-0.05, 0) is 17.9 Å². The number of carboxylic acid groups (broad SMARTS) is 1. The Morgan fingerprint density at radius 1 is 1.47 bits per heavy atom. The molecule has 0 saturated heterocycles. The second-order valence-electron chi connectivity index (χ2n) is 2.25. The third kappa shape index (κ3) is 3.74. The molecule has 0 amide bonds. The number of nitro benzene ring substituents is 1. The van der Waals surface area contributed by atoms with Crippen molar-refractivity contribution in [2.45, 2.75) is 0 Å². The van der Waals surface area contributed by atoms with Crippen LogP contribution in [0, 0.1) is 10.1 Å². The van der Waals surface area contributed by atoms with Crippen LogP contribution in [-0.2, 0) is 0 Å². The Bertz CT molecular complexity index is 393. The third-order valence-electron chi connectivity index (χ3n) is 1.33. The van der Waals surface area contributed by atoms with Crippen LogP contribution in [0.4, 0.5) is 10.5 Å². The summed E-state index contributed by atoms with van der Waals surface area (Å²) >= 11 is 0. The van der Waals surface area contributed by atoms with Gasteiger partial charge in [0.05, 0.1) is 4.92 Å². The Morgan fingerprint density at radius 2 is 2.07 bits per heavy atom. The Hall–Kier alpha value is -1.31. The average molecular weight is 221 g/mol. The maximum Gasteiger partial charge on any atom is 1.00 e. The summed E-state index contributed by atoms with van der Waals surface area (Å²) in [6.07, 6.45) is -1.58. The minimum Gasteiger partial charge on any atom is -0.868 e. The molecule has 0 aromatic heterocycles. The molecule has 7 nitrogen and oxygen atoms in total. The number of hydrogen-bond acceptors (Lipinski definition) is 5. The number of benzene rings is 1. The van der Waals surface area contributed by atoms with Crippen molar-refractivity contribution in [3.8, 4) is 11.5 Å². The minimum atomic E-state index is -1.58. The monoisotopic (exact) mass is 221 g/mol.